The van der Waals surface area contributed by atoms with E-state index in [0.717, 1.165) is 17.9 Å². The maximum atomic E-state index is 5.27. The molecule has 3 heteroatoms. The normalized spacial score (nSPS) is 14.0. The van der Waals surface area contributed by atoms with Crippen molar-refractivity contribution in [3.63, 3.8) is 0 Å². The summed E-state index contributed by atoms with van der Waals surface area (Å²) in [5.74, 6) is 0.912. The summed E-state index contributed by atoms with van der Waals surface area (Å²) in [6.07, 6.45) is 3.91. The molecule has 0 radical (unpaired) electrons. The smallest absolute Gasteiger partial charge is 0.126 e. The summed E-state index contributed by atoms with van der Waals surface area (Å²) >= 11 is 0. The Morgan fingerprint density at radius 2 is 2.14 bits per heavy atom. The summed E-state index contributed by atoms with van der Waals surface area (Å²) in [4.78, 5) is 5.13. The molecule has 1 aromatic rings. The minimum absolute atomic E-state index is 0.763. The molecule has 0 spiro atoms. The number of fused-ring (bicyclic) bond motifs is 1. The Balaban J connectivity index is 2.39. The first-order valence-corrected chi connectivity index (χ1v) is 4.50. The predicted octanol–water partition coefficient (Wildman–Crippen LogP) is 2.04. The van der Waals surface area contributed by atoms with Gasteiger partial charge < -0.3 is 4.74 Å². The molecule has 0 amide bonds. The van der Waals surface area contributed by atoms with Gasteiger partial charge in [0.25, 0.3) is 0 Å². The highest BCUT2D eigenvalue weighted by molar-refractivity contribution is 5.62. The molecule has 1 aliphatic heterocycles. The lowest BCUT2D eigenvalue weighted by atomic mass is 10.0. The highest BCUT2D eigenvalue weighted by Crippen LogP contribution is 2.28. The molecule has 0 bridgehead atoms. The topological polar surface area (TPSA) is 21.7 Å². The SMILES string of the molecule is COc1cccc2c1C=CN(OC)C2. The molecule has 1 aliphatic rings. The van der Waals surface area contributed by atoms with Gasteiger partial charge in [0.05, 0.1) is 20.8 Å². The Hall–Kier alpha value is -1.48. The van der Waals surface area contributed by atoms with E-state index in [1.165, 1.54) is 5.56 Å². The van der Waals surface area contributed by atoms with E-state index in [4.69, 9.17) is 9.57 Å². The van der Waals surface area contributed by atoms with Crippen molar-refractivity contribution in [3.8, 4) is 5.75 Å². The van der Waals surface area contributed by atoms with Gasteiger partial charge in [-0.05, 0) is 17.7 Å². The average molecular weight is 191 g/mol. The van der Waals surface area contributed by atoms with Gasteiger partial charge in [-0.1, -0.05) is 12.1 Å². The van der Waals surface area contributed by atoms with Gasteiger partial charge in [0, 0.05) is 11.8 Å². The zero-order valence-corrected chi connectivity index (χ0v) is 8.36. The Morgan fingerprint density at radius 1 is 1.29 bits per heavy atom. The molecule has 0 N–H and O–H groups in total. The molecule has 0 unspecified atom stereocenters. The van der Waals surface area contributed by atoms with E-state index in [-0.39, 0.29) is 0 Å². The fraction of sp³-hybridized carbons (Fsp3) is 0.273. The highest BCUT2D eigenvalue weighted by atomic mass is 16.7. The van der Waals surface area contributed by atoms with Crippen molar-refractivity contribution in [1.29, 1.82) is 0 Å². The molecule has 3 nitrogen and oxygen atoms in total. The van der Waals surface area contributed by atoms with E-state index >= 15 is 0 Å². The van der Waals surface area contributed by atoms with Crippen molar-refractivity contribution in [1.82, 2.24) is 5.06 Å². The fourth-order valence-corrected chi connectivity index (χ4v) is 1.60. The van der Waals surface area contributed by atoms with Crippen molar-refractivity contribution in [3.05, 3.63) is 35.5 Å². The number of rotatable bonds is 2. The van der Waals surface area contributed by atoms with Gasteiger partial charge in [0.15, 0.2) is 0 Å². The lowest BCUT2D eigenvalue weighted by Crippen LogP contribution is -2.18. The molecule has 0 saturated heterocycles. The number of benzene rings is 1. The third-order valence-corrected chi connectivity index (χ3v) is 2.34. The average Bonchev–Trinajstić information content (AvgIpc) is 2.27. The molecular weight excluding hydrogens is 178 g/mol. The zero-order chi connectivity index (χ0) is 9.97. The largest absolute Gasteiger partial charge is 0.496 e. The van der Waals surface area contributed by atoms with E-state index < -0.39 is 0 Å². The molecule has 74 valence electrons. The van der Waals surface area contributed by atoms with Crippen molar-refractivity contribution in [2.75, 3.05) is 14.2 Å². The predicted molar refractivity (Wildman–Crippen MR) is 54.6 cm³/mol. The molecule has 0 atom stereocenters. The summed E-state index contributed by atoms with van der Waals surface area (Å²) in [6, 6.07) is 6.03. The third-order valence-electron chi connectivity index (χ3n) is 2.34. The molecule has 0 aromatic heterocycles. The standard InChI is InChI=1S/C11H13NO2/c1-13-11-5-3-4-9-8-12(14-2)7-6-10(9)11/h3-7H,8H2,1-2H3. The van der Waals surface area contributed by atoms with Crippen LogP contribution in [0.4, 0.5) is 0 Å². The second-order valence-electron chi connectivity index (χ2n) is 3.11. The van der Waals surface area contributed by atoms with Crippen molar-refractivity contribution < 1.29 is 9.57 Å². The van der Waals surface area contributed by atoms with Crippen LogP contribution < -0.4 is 4.74 Å². The molecule has 1 aromatic carbocycles. The van der Waals surface area contributed by atoms with Gasteiger partial charge in [0.1, 0.15) is 5.75 Å². The lowest BCUT2D eigenvalue weighted by Gasteiger charge is -2.23. The van der Waals surface area contributed by atoms with Gasteiger partial charge in [-0.2, -0.15) is 0 Å². The van der Waals surface area contributed by atoms with Crippen LogP contribution in [-0.4, -0.2) is 19.3 Å². The van der Waals surface area contributed by atoms with E-state index in [9.17, 15) is 0 Å². The summed E-state index contributed by atoms with van der Waals surface area (Å²) in [5.41, 5.74) is 2.36. The van der Waals surface area contributed by atoms with Crippen LogP contribution in [0.25, 0.3) is 6.08 Å². The summed E-state index contributed by atoms with van der Waals surface area (Å²) in [6.45, 7) is 0.763. The Morgan fingerprint density at radius 3 is 2.86 bits per heavy atom. The van der Waals surface area contributed by atoms with Crippen LogP contribution in [0.1, 0.15) is 11.1 Å². The van der Waals surface area contributed by atoms with Gasteiger partial charge in [-0.15, -0.1) is 0 Å². The minimum atomic E-state index is 0.763. The van der Waals surface area contributed by atoms with Gasteiger partial charge in [-0.25, -0.2) is 0 Å². The van der Waals surface area contributed by atoms with Crippen molar-refractivity contribution >= 4 is 6.08 Å². The first-order chi connectivity index (χ1) is 6.85. The molecule has 1 heterocycles. The quantitative estimate of drug-likeness (QED) is 0.714. The number of ether oxygens (including phenoxy) is 1. The van der Waals surface area contributed by atoms with Crippen LogP contribution in [0.15, 0.2) is 24.4 Å². The van der Waals surface area contributed by atoms with E-state index in [1.807, 2.05) is 24.4 Å². The molecule has 0 fully saturated rings. The van der Waals surface area contributed by atoms with Crippen LogP contribution in [0.2, 0.25) is 0 Å². The van der Waals surface area contributed by atoms with E-state index in [1.54, 1.807) is 19.3 Å². The van der Waals surface area contributed by atoms with Crippen LogP contribution in [0, 0.1) is 0 Å². The molecule has 14 heavy (non-hydrogen) atoms. The van der Waals surface area contributed by atoms with Gasteiger partial charge in [-0.3, -0.25) is 9.90 Å². The summed E-state index contributed by atoms with van der Waals surface area (Å²) in [7, 11) is 3.35. The second kappa shape index (κ2) is 3.72. The Bertz CT molecular complexity index is 360. The van der Waals surface area contributed by atoms with E-state index in [0.29, 0.717) is 0 Å². The van der Waals surface area contributed by atoms with Crippen LogP contribution in [-0.2, 0) is 11.4 Å². The number of hydroxylamine groups is 2. The minimum Gasteiger partial charge on any atom is -0.496 e. The number of hydrogen-bond acceptors (Lipinski definition) is 3. The zero-order valence-electron chi connectivity index (χ0n) is 8.36. The summed E-state index contributed by atoms with van der Waals surface area (Å²) < 4.78 is 5.27. The first-order valence-electron chi connectivity index (χ1n) is 4.50. The maximum Gasteiger partial charge on any atom is 0.126 e. The van der Waals surface area contributed by atoms with E-state index in [2.05, 4.69) is 6.07 Å². The van der Waals surface area contributed by atoms with Crippen molar-refractivity contribution in [2.24, 2.45) is 0 Å². The fourth-order valence-electron chi connectivity index (χ4n) is 1.60. The second-order valence-corrected chi connectivity index (χ2v) is 3.11. The van der Waals surface area contributed by atoms with Crippen molar-refractivity contribution in [2.45, 2.75) is 6.54 Å². The van der Waals surface area contributed by atoms with Crippen LogP contribution >= 0.6 is 0 Å². The molecule has 0 saturated carbocycles. The molecule has 2 rings (SSSR count). The Labute approximate surface area is 83.5 Å². The number of hydrogen-bond donors (Lipinski definition) is 0. The maximum absolute atomic E-state index is 5.27. The summed E-state index contributed by atoms with van der Waals surface area (Å²) in [5, 5.41) is 1.78. The van der Waals surface area contributed by atoms with Crippen LogP contribution in [0.5, 0.6) is 5.75 Å². The number of methoxy groups -OCH3 is 1. The van der Waals surface area contributed by atoms with Gasteiger partial charge in [0.2, 0.25) is 0 Å². The third kappa shape index (κ3) is 1.46. The van der Waals surface area contributed by atoms with Crippen LogP contribution in [0.3, 0.4) is 0 Å². The molecule has 0 aliphatic carbocycles. The highest BCUT2D eigenvalue weighted by Gasteiger charge is 2.13. The van der Waals surface area contributed by atoms with Gasteiger partial charge >= 0.3 is 0 Å². The monoisotopic (exact) mass is 191 g/mol. The number of nitrogens with zero attached hydrogens (tertiary/aromatic N) is 1. The molecular formula is C11H13NO2. The Kier molecular flexibility index (Phi) is 2.41. The lowest BCUT2D eigenvalue weighted by molar-refractivity contribution is -0.0954. The first kappa shape index (κ1) is 9.09.